The number of hydrogen-bond acceptors (Lipinski definition) is 3. The van der Waals surface area contributed by atoms with Gasteiger partial charge in [0.2, 0.25) is 0 Å². The van der Waals surface area contributed by atoms with Gasteiger partial charge in [-0.2, -0.15) is 13.2 Å². The lowest BCUT2D eigenvalue weighted by molar-refractivity contribution is -0.137. The molecule has 0 unspecified atom stereocenters. The summed E-state index contributed by atoms with van der Waals surface area (Å²) in [6.45, 7) is 2.13. The minimum atomic E-state index is -4.53. The normalized spacial score (nSPS) is 14.8. The molecule has 1 aliphatic carbocycles. The van der Waals surface area contributed by atoms with Gasteiger partial charge in [0.15, 0.2) is 0 Å². The Morgan fingerprint density at radius 1 is 1.14 bits per heavy atom. The Kier molecular flexibility index (Phi) is 6.47. The van der Waals surface area contributed by atoms with Crippen molar-refractivity contribution in [3.8, 4) is 5.75 Å². The van der Waals surface area contributed by atoms with Gasteiger partial charge in [-0.25, -0.2) is 0 Å². The minimum Gasteiger partial charge on any atom is -0.494 e. The molecule has 1 amide bonds. The number of rotatable bonds is 6. The summed E-state index contributed by atoms with van der Waals surface area (Å²) in [4.78, 5) is 12.6. The van der Waals surface area contributed by atoms with E-state index in [0.717, 1.165) is 43.4 Å². The molecule has 0 aromatic heterocycles. The Morgan fingerprint density at radius 2 is 1.79 bits per heavy atom. The number of amides is 1. The number of aryl methyl sites for hydroxylation is 1. The van der Waals surface area contributed by atoms with Crippen LogP contribution in [0.3, 0.4) is 0 Å². The van der Waals surface area contributed by atoms with Crippen LogP contribution in [0.2, 0.25) is 0 Å². The fourth-order valence-electron chi connectivity index (χ4n) is 3.60. The lowest BCUT2D eigenvalue weighted by Crippen LogP contribution is -2.26. The molecular weight excluding hydrogens is 381 g/mol. The van der Waals surface area contributed by atoms with E-state index < -0.39 is 17.6 Å². The summed E-state index contributed by atoms with van der Waals surface area (Å²) in [7, 11) is 1.39. The van der Waals surface area contributed by atoms with Crippen LogP contribution in [0.5, 0.6) is 5.75 Å². The Bertz CT molecular complexity index is 858. The summed E-state index contributed by atoms with van der Waals surface area (Å²) in [6.07, 6.45) is -0.265. The van der Waals surface area contributed by atoms with E-state index in [4.69, 9.17) is 4.74 Å². The lowest BCUT2D eigenvalue weighted by atomic mass is 10.1. The highest BCUT2D eigenvalue weighted by Gasteiger charge is 2.33. The average molecular weight is 406 g/mol. The molecule has 1 saturated carbocycles. The second-order valence-corrected chi connectivity index (χ2v) is 7.40. The van der Waals surface area contributed by atoms with Crippen LogP contribution in [0.15, 0.2) is 36.4 Å². The van der Waals surface area contributed by atoms with Gasteiger partial charge in [0.05, 0.1) is 18.4 Å². The van der Waals surface area contributed by atoms with E-state index in [1.807, 2.05) is 6.92 Å². The molecule has 3 rings (SSSR count). The minimum absolute atomic E-state index is 0.0103. The fraction of sp³-hybridized carbons (Fsp3) is 0.409. The molecule has 156 valence electrons. The van der Waals surface area contributed by atoms with E-state index in [1.165, 1.54) is 7.11 Å². The number of carbonyl (C=O) groups excluding carboxylic acids is 1. The Labute approximate surface area is 168 Å². The topological polar surface area (TPSA) is 50.4 Å². The predicted molar refractivity (Wildman–Crippen MR) is 106 cm³/mol. The molecule has 0 aliphatic heterocycles. The first-order valence-electron chi connectivity index (χ1n) is 9.67. The number of methoxy groups -OCH3 is 1. The molecule has 0 atom stereocenters. The van der Waals surface area contributed by atoms with Crippen LogP contribution in [0.1, 0.15) is 52.7 Å². The molecule has 0 spiro atoms. The predicted octanol–water partition coefficient (Wildman–Crippen LogP) is 5.31. The van der Waals surface area contributed by atoms with E-state index in [2.05, 4.69) is 10.6 Å². The molecule has 29 heavy (non-hydrogen) atoms. The van der Waals surface area contributed by atoms with Crippen LogP contribution in [0.25, 0.3) is 0 Å². The molecule has 1 fully saturated rings. The molecule has 0 bridgehead atoms. The number of anilines is 1. The summed E-state index contributed by atoms with van der Waals surface area (Å²) in [6, 6.07) is 9.11. The summed E-state index contributed by atoms with van der Waals surface area (Å²) in [5.74, 6) is -0.249. The molecule has 2 aromatic carbocycles. The number of ether oxygens (including phenoxy) is 1. The van der Waals surface area contributed by atoms with Gasteiger partial charge in [0.1, 0.15) is 5.75 Å². The number of alkyl halides is 3. The smallest absolute Gasteiger partial charge is 0.416 e. The third-order valence-electron chi connectivity index (χ3n) is 5.20. The Morgan fingerprint density at radius 3 is 2.38 bits per heavy atom. The van der Waals surface area contributed by atoms with Crippen molar-refractivity contribution in [3.63, 3.8) is 0 Å². The van der Waals surface area contributed by atoms with Gasteiger partial charge in [-0.1, -0.05) is 30.5 Å². The third kappa shape index (κ3) is 5.29. The number of benzene rings is 2. The largest absolute Gasteiger partial charge is 0.494 e. The number of nitrogens with one attached hydrogen (secondary N) is 2. The molecule has 1 aliphatic rings. The first-order chi connectivity index (χ1) is 13.8. The summed E-state index contributed by atoms with van der Waals surface area (Å²) < 4.78 is 45.8. The van der Waals surface area contributed by atoms with Crippen molar-refractivity contribution in [2.45, 2.75) is 51.4 Å². The number of halogens is 3. The van der Waals surface area contributed by atoms with Crippen LogP contribution < -0.4 is 15.4 Å². The summed E-state index contributed by atoms with van der Waals surface area (Å²) in [5.41, 5.74) is 0.907. The van der Waals surface area contributed by atoms with Crippen molar-refractivity contribution >= 4 is 11.6 Å². The number of carbonyl (C=O) groups is 1. The van der Waals surface area contributed by atoms with Crippen LogP contribution in [-0.4, -0.2) is 19.1 Å². The highest BCUT2D eigenvalue weighted by Crippen LogP contribution is 2.38. The van der Waals surface area contributed by atoms with Crippen LogP contribution in [-0.2, 0) is 12.7 Å². The fourth-order valence-corrected chi connectivity index (χ4v) is 3.60. The maximum absolute atomic E-state index is 13.5. The molecule has 0 radical (unpaired) electrons. The summed E-state index contributed by atoms with van der Waals surface area (Å²) in [5, 5.41) is 5.90. The molecule has 2 aromatic rings. The van der Waals surface area contributed by atoms with E-state index in [1.54, 1.807) is 24.3 Å². The van der Waals surface area contributed by atoms with E-state index in [0.29, 0.717) is 17.2 Å². The van der Waals surface area contributed by atoms with Gasteiger partial charge in [-0.15, -0.1) is 0 Å². The molecular formula is C22H25F3N2O2. The van der Waals surface area contributed by atoms with Gasteiger partial charge in [0, 0.05) is 23.7 Å². The third-order valence-corrected chi connectivity index (χ3v) is 5.20. The Balaban J connectivity index is 1.91. The molecule has 0 heterocycles. The van der Waals surface area contributed by atoms with Gasteiger partial charge >= 0.3 is 6.18 Å². The molecule has 2 N–H and O–H groups in total. The van der Waals surface area contributed by atoms with Crippen molar-refractivity contribution in [1.29, 1.82) is 0 Å². The first-order valence-corrected chi connectivity index (χ1v) is 9.67. The molecule has 7 heteroatoms. The average Bonchev–Trinajstić information content (AvgIpc) is 3.19. The van der Waals surface area contributed by atoms with Crippen molar-refractivity contribution in [2.75, 3.05) is 12.4 Å². The van der Waals surface area contributed by atoms with Crippen LogP contribution >= 0.6 is 0 Å². The van der Waals surface area contributed by atoms with E-state index >= 15 is 0 Å². The first kappa shape index (κ1) is 21.2. The SMILES string of the molecule is COc1c(CNC2CCCC2)cc(C(F)(F)F)cc1NC(=O)c1ccc(C)cc1. The Hall–Kier alpha value is -2.54. The van der Waals surface area contributed by atoms with Gasteiger partial charge in [0.25, 0.3) is 5.91 Å². The van der Waals surface area contributed by atoms with Crippen molar-refractivity contribution in [3.05, 3.63) is 58.7 Å². The zero-order chi connectivity index (χ0) is 21.0. The van der Waals surface area contributed by atoms with E-state index in [9.17, 15) is 18.0 Å². The highest BCUT2D eigenvalue weighted by atomic mass is 19.4. The zero-order valence-electron chi connectivity index (χ0n) is 16.5. The second kappa shape index (κ2) is 8.86. The number of hydrogen-bond donors (Lipinski definition) is 2. The monoisotopic (exact) mass is 406 g/mol. The maximum atomic E-state index is 13.5. The maximum Gasteiger partial charge on any atom is 0.416 e. The van der Waals surface area contributed by atoms with Gasteiger partial charge < -0.3 is 15.4 Å². The standard InChI is InChI=1S/C22H25F3N2O2/c1-14-7-9-15(10-8-14)21(28)27-19-12-17(22(23,24)25)11-16(20(19)29-2)13-26-18-5-3-4-6-18/h7-12,18,26H,3-6,13H2,1-2H3,(H,27,28). The van der Waals surface area contributed by atoms with Crippen LogP contribution in [0.4, 0.5) is 18.9 Å². The van der Waals surface area contributed by atoms with E-state index in [-0.39, 0.29) is 18.0 Å². The van der Waals surface area contributed by atoms with Gasteiger partial charge in [-0.3, -0.25) is 4.79 Å². The quantitative estimate of drug-likeness (QED) is 0.684. The van der Waals surface area contributed by atoms with Crippen molar-refractivity contribution in [1.82, 2.24) is 5.32 Å². The second-order valence-electron chi connectivity index (χ2n) is 7.40. The van der Waals surface area contributed by atoms with Crippen LogP contribution in [0, 0.1) is 6.92 Å². The molecule has 4 nitrogen and oxygen atoms in total. The lowest BCUT2D eigenvalue weighted by Gasteiger charge is -2.20. The van der Waals surface area contributed by atoms with Gasteiger partial charge in [-0.05, 0) is 44.0 Å². The highest BCUT2D eigenvalue weighted by molar-refractivity contribution is 6.05. The van der Waals surface area contributed by atoms with Crippen molar-refractivity contribution in [2.24, 2.45) is 0 Å². The molecule has 0 saturated heterocycles. The zero-order valence-corrected chi connectivity index (χ0v) is 16.5. The van der Waals surface area contributed by atoms with Crippen molar-refractivity contribution < 1.29 is 22.7 Å². The summed E-state index contributed by atoms with van der Waals surface area (Å²) >= 11 is 0.